The molecule has 5 nitrogen and oxygen atoms in total. The highest BCUT2D eigenvalue weighted by atomic mass is 16.6. The first-order valence-electron chi connectivity index (χ1n) is 4.28. The Balaban J connectivity index is 2.35. The number of ether oxygens (including phenoxy) is 2. The minimum absolute atomic E-state index is 0.268. The molecule has 0 aromatic carbocycles. The number of esters is 1. The van der Waals surface area contributed by atoms with Gasteiger partial charge in [-0.05, 0) is 12.5 Å². The first kappa shape index (κ1) is 9.21. The van der Waals surface area contributed by atoms with Crippen molar-refractivity contribution in [3.63, 3.8) is 0 Å². The molecule has 0 radical (unpaired) electrons. The number of fused-ring (bicyclic) bond motifs is 2. The molecule has 3 unspecified atom stereocenters. The Morgan fingerprint density at radius 1 is 1.64 bits per heavy atom. The fourth-order valence-corrected chi connectivity index (χ4v) is 2.01. The lowest BCUT2D eigenvalue weighted by Gasteiger charge is -2.24. The Bertz CT molecular complexity index is 321. The molecule has 2 aliphatic rings. The molecule has 0 amide bonds. The Hall–Kier alpha value is -1.36. The quantitative estimate of drug-likeness (QED) is 0.497. The number of hydrogen-bond donors (Lipinski definition) is 1. The van der Waals surface area contributed by atoms with Crippen LogP contribution in [0.5, 0.6) is 0 Å². The van der Waals surface area contributed by atoms with Crippen molar-refractivity contribution in [1.82, 2.24) is 0 Å². The van der Waals surface area contributed by atoms with Crippen LogP contribution in [0.1, 0.15) is 6.42 Å². The van der Waals surface area contributed by atoms with Crippen LogP contribution < -0.4 is 0 Å². The van der Waals surface area contributed by atoms with Crippen LogP contribution in [0.3, 0.4) is 0 Å². The van der Waals surface area contributed by atoms with Gasteiger partial charge in [-0.3, -0.25) is 4.79 Å². The summed E-state index contributed by atoms with van der Waals surface area (Å²) >= 11 is 0. The largest absolute Gasteiger partial charge is 0.481 e. The third-order valence-corrected chi connectivity index (χ3v) is 2.69. The molecule has 2 heterocycles. The molecule has 1 fully saturated rings. The molecule has 5 heteroatoms. The summed E-state index contributed by atoms with van der Waals surface area (Å²) in [5.74, 6) is -2.49. The lowest BCUT2D eigenvalue weighted by Crippen LogP contribution is -2.45. The summed E-state index contributed by atoms with van der Waals surface area (Å²) in [7, 11) is 1.22. The second-order valence-corrected chi connectivity index (χ2v) is 3.43. The molecule has 0 spiro atoms. The minimum atomic E-state index is -1.38. The van der Waals surface area contributed by atoms with Crippen molar-refractivity contribution in [2.24, 2.45) is 5.92 Å². The summed E-state index contributed by atoms with van der Waals surface area (Å²) in [4.78, 5) is 22.3. The second kappa shape index (κ2) is 2.81. The average molecular weight is 198 g/mol. The van der Waals surface area contributed by atoms with Gasteiger partial charge in [-0.2, -0.15) is 0 Å². The molecule has 0 aromatic rings. The molecule has 0 saturated carbocycles. The number of carbonyl (C=O) groups excluding carboxylic acids is 1. The van der Waals surface area contributed by atoms with E-state index >= 15 is 0 Å². The van der Waals surface area contributed by atoms with E-state index < -0.39 is 23.5 Å². The van der Waals surface area contributed by atoms with Crippen LogP contribution in [0.2, 0.25) is 0 Å². The molecule has 2 bridgehead atoms. The minimum Gasteiger partial charge on any atom is -0.481 e. The maximum absolute atomic E-state index is 11.4. The molecule has 1 saturated heterocycles. The molecule has 14 heavy (non-hydrogen) atoms. The number of hydrogen-bond acceptors (Lipinski definition) is 4. The Morgan fingerprint density at radius 3 is 2.86 bits per heavy atom. The predicted molar refractivity (Wildman–Crippen MR) is 44.5 cm³/mol. The highest BCUT2D eigenvalue weighted by molar-refractivity contribution is 5.90. The van der Waals surface area contributed by atoms with E-state index in [0.29, 0.717) is 6.42 Å². The zero-order valence-corrected chi connectivity index (χ0v) is 7.60. The van der Waals surface area contributed by atoms with Crippen LogP contribution >= 0.6 is 0 Å². The van der Waals surface area contributed by atoms with E-state index in [9.17, 15) is 9.59 Å². The first-order valence-corrected chi connectivity index (χ1v) is 4.28. The number of carbonyl (C=O) groups is 2. The second-order valence-electron chi connectivity index (χ2n) is 3.43. The van der Waals surface area contributed by atoms with Crippen LogP contribution in [-0.2, 0) is 19.1 Å². The van der Waals surface area contributed by atoms with E-state index in [-0.39, 0.29) is 6.10 Å². The number of rotatable bonds is 2. The zero-order valence-electron chi connectivity index (χ0n) is 7.60. The van der Waals surface area contributed by atoms with Crippen molar-refractivity contribution in [2.75, 3.05) is 7.11 Å². The predicted octanol–water partition coefficient (Wildman–Crippen LogP) is -0.0423. The lowest BCUT2D eigenvalue weighted by atomic mass is 9.83. The third kappa shape index (κ3) is 0.988. The van der Waals surface area contributed by atoms with Crippen LogP contribution in [0.15, 0.2) is 12.2 Å². The van der Waals surface area contributed by atoms with E-state index in [1.165, 1.54) is 13.2 Å². The number of methoxy groups -OCH3 is 1. The van der Waals surface area contributed by atoms with Gasteiger partial charge < -0.3 is 14.6 Å². The third-order valence-electron chi connectivity index (χ3n) is 2.69. The van der Waals surface area contributed by atoms with Crippen molar-refractivity contribution < 1.29 is 24.2 Å². The maximum atomic E-state index is 11.4. The summed E-state index contributed by atoms with van der Waals surface area (Å²) in [6, 6.07) is 0. The Morgan fingerprint density at radius 2 is 2.36 bits per heavy atom. The Labute approximate surface area is 80.3 Å². The van der Waals surface area contributed by atoms with E-state index in [4.69, 9.17) is 9.84 Å². The van der Waals surface area contributed by atoms with Gasteiger partial charge in [0.15, 0.2) is 5.60 Å². The molecule has 76 valence electrons. The van der Waals surface area contributed by atoms with Crippen LogP contribution in [0.4, 0.5) is 0 Å². The molecule has 3 atom stereocenters. The zero-order chi connectivity index (χ0) is 10.3. The monoisotopic (exact) mass is 198 g/mol. The number of aliphatic carboxylic acids is 1. The normalized spacial score (nSPS) is 38.6. The summed E-state index contributed by atoms with van der Waals surface area (Å²) < 4.78 is 9.88. The van der Waals surface area contributed by atoms with Crippen molar-refractivity contribution >= 4 is 11.9 Å². The first-order chi connectivity index (χ1) is 6.60. The molecule has 2 aliphatic heterocycles. The average Bonchev–Trinajstić information content (AvgIpc) is 2.74. The van der Waals surface area contributed by atoms with E-state index in [1.807, 2.05) is 0 Å². The van der Waals surface area contributed by atoms with E-state index in [2.05, 4.69) is 4.74 Å². The summed E-state index contributed by atoms with van der Waals surface area (Å²) in [5.41, 5.74) is -1.38. The fourth-order valence-electron chi connectivity index (χ4n) is 2.01. The van der Waals surface area contributed by atoms with Crippen LogP contribution in [0.25, 0.3) is 0 Å². The van der Waals surface area contributed by atoms with Gasteiger partial charge in [0.2, 0.25) is 0 Å². The molecule has 2 rings (SSSR count). The summed E-state index contributed by atoms with van der Waals surface area (Å²) in [6.07, 6.45) is 3.26. The summed E-state index contributed by atoms with van der Waals surface area (Å²) in [6.45, 7) is 0. The van der Waals surface area contributed by atoms with Crippen molar-refractivity contribution in [3.05, 3.63) is 12.2 Å². The van der Waals surface area contributed by atoms with Gasteiger partial charge in [0.25, 0.3) is 0 Å². The van der Waals surface area contributed by atoms with E-state index in [1.54, 1.807) is 6.08 Å². The van der Waals surface area contributed by atoms with Gasteiger partial charge in [-0.25, -0.2) is 4.79 Å². The highest BCUT2D eigenvalue weighted by Gasteiger charge is 2.59. The maximum Gasteiger partial charge on any atom is 0.343 e. The van der Waals surface area contributed by atoms with E-state index in [0.717, 1.165) is 0 Å². The van der Waals surface area contributed by atoms with Gasteiger partial charge in [0.1, 0.15) is 5.92 Å². The van der Waals surface area contributed by atoms with Gasteiger partial charge >= 0.3 is 11.9 Å². The number of carboxylic acids is 1. The SMILES string of the molecule is COC(=O)C12C=CC(CC1C(=O)O)O2. The molecular formula is C9H10O5. The van der Waals surface area contributed by atoms with Crippen molar-refractivity contribution in [1.29, 1.82) is 0 Å². The molecular weight excluding hydrogens is 188 g/mol. The standard InChI is InChI=1S/C9H10O5/c1-13-8(12)9-3-2-5(14-9)4-6(9)7(10)11/h2-3,5-6H,4H2,1H3,(H,10,11). The highest BCUT2D eigenvalue weighted by Crippen LogP contribution is 2.43. The smallest absolute Gasteiger partial charge is 0.343 e. The summed E-state index contributed by atoms with van der Waals surface area (Å²) in [5, 5.41) is 8.92. The van der Waals surface area contributed by atoms with Gasteiger partial charge in [-0.1, -0.05) is 6.08 Å². The number of carboxylic acid groups (broad SMARTS) is 1. The molecule has 0 aliphatic carbocycles. The van der Waals surface area contributed by atoms with Crippen LogP contribution in [-0.4, -0.2) is 35.9 Å². The van der Waals surface area contributed by atoms with Gasteiger partial charge in [0, 0.05) is 0 Å². The van der Waals surface area contributed by atoms with Gasteiger partial charge in [0.05, 0.1) is 13.2 Å². The van der Waals surface area contributed by atoms with Crippen LogP contribution in [0, 0.1) is 5.92 Å². The molecule has 0 aromatic heterocycles. The molecule has 1 N–H and O–H groups in total. The van der Waals surface area contributed by atoms with Crippen molar-refractivity contribution in [2.45, 2.75) is 18.1 Å². The fraction of sp³-hybridized carbons (Fsp3) is 0.556. The van der Waals surface area contributed by atoms with Crippen molar-refractivity contribution in [3.8, 4) is 0 Å². The topological polar surface area (TPSA) is 72.8 Å². The lowest BCUT2D eigenvalue weighted by molar-refractivity contribution is -0.167. The van der Waals surface area contributed by atoms with Gasteiger partial charge in [-0.15, -0.1) is 0 Å². The Kier molecular flexibility index (Phi) is 1.85.